The van der Waals surface area contributed by atoms with Gasteiger partial charge in [-0.1, -0.05) is 12.1 Å². The van der Waals surface area contributed by atoms with E-state index in [-0.39, 0.29) is 5.82 Å². The maximum absolute atomic E-state index is 13.8. The standard InChI is InChI=1S/C12H8BrFN4/c13-9-5-7(15)6-18-11(16-17-12(9)18)8-3-1-2-4-10(8)14/h1-6H,15H2. The Bertz CT molecular complexity index is 738. The first-order valence-corrected chi connectivity index (χ1v) is 6.01. The molecule has 0 unspecified atom stereocenters. The first kappa shape index (κ1) is 11.2. The highest BCUT2D eigenvalue weighted by molar-refractivity contribution is 9.10. The lowest BCUT2D eigenvalue weighted by Gasteiger charge is -2.03. The van der Waals surface area contributed by atoms with Gasteiger partial charge in [0.2, 0.25) is 0 Å². The van der Waals surface area contributed by atoms with Gasteiger partial charge in [0.25, 0.3) is 0 Å². The fourth-order valence-electron chi connectivity index (χ4n) is 1.80. The molecule has 2 N–H and O–H groups in total. The maximum Gasteiger partial charge on any atom is 0.175 e. The van der Waals surface area contributed by atoms with Crippen LogP contribution in [0.4, 0.5) is 10.1 Å². The Morgan fingerprint density at radius 3 is 2.78 bits per heavy atom. The molecule has 0 amide bonds. The van der Waals surface area contributed by atoms with E-state index in [2.05, 4.69) is 26.1 Å². The molecule has 0 aliphatic rings. The minimum Gasteiger partial charge on any atom is -0.397 e. The number of fused-ring (bicyclic) bond motifs is 1. The predicted molar refractivity (Wildman–Crippen MR) is 70.5 cm³/mol. The van der Waals surface area contributed by atoms with E-state index in [0.717, 1.165) is 4.47 Å². The number of aromatic nitrogens is 3. The van der Waals surface area contributed by atoms with Gasteiger partial charge in [0.15, 0.2) is 11.5 Å². The molecule has 18 heavy (non-hydrogen) atoms. The molecule has 2 heterocycles. The van der Waals surface area contributed by atoms with Crippen molar-refractivity contribution in [1.29, 1.82) is 0 Å². The number of nitrogen functional groups attached to an aromatic ring is 1. The highest BCUT2D eigenvalue weighted by Crippen LogP contribution is 2.26. The van der Waals surface area contributed by atoms with Crippen LogP contribution in [0.5, 0.6) is 0 Å². The number of pyridine rings is 1. The van der Waals surface area contributed by atoms with Crippen LogP contribution < -0.4 is 5.73 Å². The Morgan fingerprint density at radius 2 is 2.00 bits per heavy atom. The highest BCUT2D eigenvalue weighted by atomic mass is 79.9. The Kier molecular flexibility index (Phi) is 2.52. The largest absolute Gasteiger partial charge is 0.397 e. The number of hydrogen-bond donors (Lipinski definition) is 1. The molecule has 0 atom stereocenters. The van der Waals surface area contributed by atoms with E-state index in [4.69, 9.17) is 5.73 Å². The summed E-state index contributed by atoms with van der Waals surface area (Å²) in [5.74, 6) is 0.0847. The van der Waals surface area contributed by atoms with E-state index >= 15 is 0 Å². The summed E-state index contributed by atoms with van der Waals surface area (Å²) in [6.45, 7) is 0. The Labute approximate surface area is 110 Å². The molecule has 0 bridgehead atoms. The van der Waals surface area contributed by atoms with Crippen molar-refractivity contribution in [3.8, 4) is 11.4 Å². The van der Waals surface area contributed by atoms with Crippen LogP contribution >= 0.6 is 15.9 Å². The van der Waals surface area contributed by atoms with Gasteiger partial charge < -0.3 is 5.73 Å². The molecule has 0 aliphatic carbocycles. The lowest BCUT2D eigenvalue weighted by Crippen LogP contribution is -1.95. The average molecular weight is 307 g/mol. The number of benzene rings is 1. The smallest absolute Gasteiger partial charge is 0.175 e. The second kappa shape index (κ2) is 4.06. The second-order valence-electron chi connectivity index (χ2n) is 3.82. The van der Waals surface area contributed by atoms with Gasteiger partial charge in [0.1, 0.15) is 5.82 Å². The number of nitrogens with zero attached hydrogens (tertiary/aromatic N) is 3. The van der Waals surface area contributed by atoms with Crippen LogP contribution in [0.3, 0.4) is 0 Å². The van der Waals surface area contributed by atoms with Crippen molar-refractivity contribution in [2.24, 2.45) is 0 Å². The molecular weight excluding hydrogens is 299 g/mol. The molecule has 2 aromatic heterocycles. The van der Waals surface area contributed by atoms with Crippen molar-refractivity contribution in [2.45, 2.75) is 0 Å². The SMILES string of the molecule is Nc1cc(Br)c2nnc(-c3ccccc3F)n2c1. The lowest BCUT2D eigenvalue weighted by atomic mass is 10.2. The van der Waals surface area contributed by atoms with E-state index in [0.29, 0.717) is 22.7 Å². The van der Waals surface area contributed by atoms with Crippen LogP contribution in [0.1, 0.15) is 0 Å². The monoisotopic (exact) mass is 306 g/mol. The minimum absolute atomic E-state index is 0.342. The number of nitrogens with two attached hydrogens (primary N) is 1. The summed E-state index contributed by atoms with van der Waals surface area (Å²) in [6, 6.07) is 8.16. The van der Waals surface area contributed by atoms with Gasteiger partial charge >= 0.3 is 0 Å². The number of anilines is 1. The predicted octanol–water partition coefficient (Wildman–Crippen LogP) is 2.88. The number of hydrogen-bond acceptors (Lipinski definition) is 3. The van der Waals surface area contributed by atoms with Crippen LogP contribution in [0.15, 0.2) is 41.0 Å². The zero-order chi connectivity index (χ0) is 12.7. The van der Waals surface area contributed by atoms with Gasteiger partial charge in [0, 0.05) is 11.9 Å². The molecule has 0 fully saturated rings. The molecule has 0 radical (unpaired) electrons. The fraction of sp³-hybridized carbons (Fsp3) is 0. The minimum atomic E-state index is -0.342. The van der Waals surface area contributed by atoms with Crippen LogP contribution in [0.25, 0.3) is 17.0 Å². The van der Waals surface area contributed by atoms with E-state index in [1.807, 2.05) is 0 Å². The van der Waals surface area contributed by atoms with E-state index in [1.165, 1.54) is 6.07 Å². The topological polar surface area (TPSA) is 56.2 Å². The van der Waals surface area contributed by atoms with Gasteiger partial charge in [0.05, 0.1) is 10.0 Å². The molecule has 3 aromatic rings. The van der Waals surface area contributed by atoms with Gasteiger partial charge in [-0.15, -0.1) is 10.2 Å². The first-order chi connectivity index (χ1) is 8.66. The number of halogens is 2. The Hall–Kier alpha value is -1.95. The molecule has 6 heteroatoms. The van der Waals surface area contributed by atoms with Crippen molar-refractivity contribution in [3.63, 3.8) is 0 Å². The quantitative estimate of drug-likeness (QED) is 0.752. The lowest BCUT2D eigenvalue weighted by molar-refractivity contribution is 0.629. The van der Waals surface area contributed by atoms with E-state index in [1.54, 1.807) is 34.9 Å². The van der Waals surface area contributed by atoms with Gasteiger partial charge in [-0.2, -0.15) is 0 Å². The third-order valence-corrected chi connectivity index (χ3v) is 3.18. The first-order valence-electron chi connectivity index (χ1n) is 5.21. The van der Waals surface area contributed by atoms with Crippen LogP contribution in [-0.4, -0.2) is 14.6 Å². The van der Waals surface area contributed by atoms with Crippen LogP contribution in [0, 0.1) is 5.82 Å². The van der Waals surface area contributed by atoms with Crippen molar-refractivity contribution in [1.82, 2.24) is 14.6 Å². The third-order valence-electron chi connectivity index (χ3n) is 2.60. The molecule has 90 valence electrons. The summed E-state index contributed by atoms with van der Waals surface area (Å²) in [4.78, 5) is 0. The highest BCUT2D eigenvalue weighted by Gasteiger charge is 2.13. The van der Waals surface area contributed by atoms with Crippen molar-refractivity contribution < 1.29 is 4.39 Å². The zero-order valence-corrected chi connectivity index (χ0v) is 10.7. The van der Waals surface area contributed by atoms with Gasteiger partial charge in [-0.3, -0.25) is 4.40 Å². The normalized spacial score (nSPS) is 11.0. The van der Waals surface area contributed by atoms with Crippen molar-refractivity contribution in [3.05, 3.63) is 46.8 Å². The summed E-state index contributed by atoms with van der Waals surface area (Å²) in [7, 11) is 0. The molecule has 0 saturated heterocycles. The van der Waals surface area contributed by atoms with Gasteiger partial charge in [-0.05, 0) is 34.1 Å². The maximum atomic E-state index is 13.8. The summed E-state index contributed by atoms with van der Waals surface area (Å²) >= 11 is 3.36. The summed E-state index contributed by atoms with van der Waals surface area (Å²) in [5, 5.41) is 8.04. The average Bonchev–Trinajstić information content (AvgIpc) is 2.73. The molecule has 0 saturated carbocycles. The van der Waals surface area contributed by atoms with E-state index < -0.39 is 0 Å². The molecule has 4 nitrogen and oxygen atoms in total. The molecule has 3 rings (SSSR count). The summed E-state index contributed by atoms with van der Waals surface area (Å²) < 4.78 is 16.1. The number of rotatable bonds is 1. The molecule has 1 aromatic carbocycles. The summed E-state index contributed by atoms with van der Waals surface area (Å²) in [6.07, 6.45) is 1.67. The Morgan fingerprint density at radius 1 is 1.22 bits per heavy atom. The van der Waals surface area contributed by atoms with E-state index in [9.17, 15) is 4.39 Å². The Balaban J connectivity index is 2.34. The molecule has 0 spiro atoms. The molecular formula is C12H8BrFN4. The van der Waals surface area contributed by atoms with Crippen molar-refractivity contribution in [2.75, 3.05) is 5.73 Å². The molecule has 0 aliphatic heterocycles. The zero-order valence-electron chi connectivity index (χ0n) is 9.14. The van der Waals surface area contributed by atoms with Crippen LogP contribution in [0.2, 0.25) is 0 Å². The van der Waals surface area contributed by atoms with Crippen molar-refractivity contribution >= 4 is 27.3 Å². The second-order valence-corrected chi connectivity index (χ2v) is 4.67. The summed E-state index contributed by atoms with van der Waals surface area (Å²) in [5.41, 5.74) is 7.31. The fourth-order valence-corrected chi connectivity index (χ4v) is 2.33. The van der Waals surface area contributed by atoms with Crippen LogP contribution in [-0.2, 0) is 0 Å². The third kappa shape index (κ3) is 1.65. The van der Waals surface area contributed by atoms with Gasteiger partial charge in [-0.25, -0.2) is 4.39 Å².